The van der Waals surface area contributed by atoms with Gasteiger partial charge in [0.1, 0.15) is 13.7 Å². The first-order valence-corrected chi connectivity index (χ1v) is 12.8. The Hall–Kier alpha value is -3.33. The highest BCUT2D eigenvalue weighted by Crippen LogP contribution is 2.30. The number of thioether (sulfide) groups is 1. The highest BCUT2D eigenvalue weighted by Gasteiger charge is 2.27. The topological polar surface area (TPSA) is 75.4 Å². The number of hydrogen-bond donors (Lipinski definition) is 1. The van der Waals surface area contributed by atoms with Gasteiger partial charge in [0.2, 0.25) is 0 Å². The summed E-state index contributed by atoms with van der Waals surface area (Å²) in [5, 5.41) is 8.03. The molecule has 0 unspecified atom stereocenters. The molecule has 172 valence electrons. The van der Waals surface area contributed by atoms with Crippen molar-refractivity contribution in [3.05, 3.63) is 77.9 Å². The number of rotatable bonds is 6. The highest BCUT2D eigenvalue weighted by molar-refractivity contribution is 7.98. The predicted molar refractivity (Wildman–Crippen MR) is 139 cm³/mol. The average molecular weight is 470 g/mol. The third-order valence-corrected chi connectivity index (χ3v) is 7.20. The minimum Gasteiger partial charge on any atom is -0.366 e. The van der Waals surface area contributed by atoms with Crippen LogP contribution in [0.5, 0.6) is 0 Å². The van der Waals surface area contributed by atoms with Crippen molar-refractivity contribution in [1.29, 1.82) is 0 Å². The molecule has 1 aliphatic rings. The fourth-order valence-electron chi connectivity index (χ4n) is 4.49. The molecule has 34 heavy (non-hydrogen) atoms. The van der Waals surface area contributed by atoms with Gasteiger partial charge in [0.05, 0.1) is 5.56 Å². The van der Waals surface area contributed by atoms with E-state index in [0.29, 0.717) is 12.5 Å². The largest absolute Gasteiger partial charge is 0.366 e. The van der Waals surface area contributed by atoms with E-state index in [-0.39, 0.29) is 5.91 Å². The number of likely N-dealkylation sites (tertiary alicyclic amines) is 1. The lowest BCUT2D eigenvalue weighted by Crippen LogP contribution is -2.38. The molecular weight excluding hydrogens is 443 g/mol. The maximum Gasteiger partial charge on any atom is 0.254 e. The molecule has 1 fully saturated rings. The molecule has 3 aromatic heterocycles. The summed E-state index contributed by atoms with van der Waals surface area (Å²) in [4.78, 5) is 25.3. The Labute approximate surface area is 204 Å². The molecule has 4 aromatic rings. The maximum atomic E-state index is 13.2. The molecule has 0 saturated carbocycles. The van der Waals surface area contributed by atoms with E-state index in [0.717, 1.165) is 64.6 Å². The number of carbonyl (C=O) groups excluding carboxylic acids is 1. The van der Waals surface area contributed by atoms with Crippen LogP contribution in [0.15, 0.2) is 66.0 Å². The van der Waals surface area contributed by atoms with Crippen LogP contribution >= 0.6 is 11.8 Å². The van der Waals surface area contributed by atoms with Gasteiger partial charge >= 0.3 is 0 Å². The lowest BCUT2D eigenvalue weighted by Gasteiger charge is -2.32. The van der Waals surface area contributed by atoms with Gasteiger partial charge in [0, 0.05) is 60.8 Å². The van der Waals surface area contributed by atoms with Crippen LogP contribution in [0.2, 0.25) is 0 Å². The molecule has 1 amide bonds. The third-order valence-electron chi connectivity index (χ3n) is 6.40. The quantitative estimate of drug-likeness (QED) is 0.345. The summed E-state index contributed by atoms with van der Waals surface area (Å²) in [6, 6.07) is 14.0. The fraction of sp³-hybridized carbons (Fsp3) is 0.280. The number of aromatic nitrogens is 4. The smallest absolute Gasteiger partial charge is 0.254 e. The van der Waals surface area contributed by atoms with Crippen molar-refractivity contribution in [2.45, 2.75) is 30.2 Å². The highest BCUT2D eigenvalue weighted by atomic mass is 32.2. The average Bonchev–Trinajstić information content (AvgIpc) is 3.28. The van der Waals surface area contributed by atoms with E-state index in [1.165, 1.54) is 0 Å². The van der Waals surface area contributed by atoms with E-state index < -0.39 is 0 Å². The van der Waals surface area contributed by atoms with Crippen LogP contribution in [0.25, 0.3) is 5.65 Å². The molecule has 0 bridgehead atoms. The fourth-order valence-corrected chi connectivity index (χ4v) is 5.08. The zero-order valence-electron chi connectivity index (χ0n) is 19.4. The first-order chi connectivity index (χ1) is 16.6. The molecule has 0 radical (unpaired) electrons. The van der Waals surface area contributed by atoms with Crippen molar-refractivity contribution in [3.8, 4) is 0 Å². The summed E-state index contributed by atoms with van der Waals surface area (Å²) < 4.78 is 1.87. The van der Waals surface area contributed by atoms with Crippen molar-refractivity contribution < 1.29 is 4.79 Å². The van der Waals surface area contributed by atoms with Gasteiger partial charge in [-0.15, -0.1) is 11.8 Å². The normalized spacial score (nSPS) is 14.4. The molecule has 9 heteroatoms. The zero-order valence-corrected chi connectivity index (χ0v) is 20.3. The second kappa shape index (κ2) is 9.89. The minimum atomic E-state index is 0.122. The van der Waals surface area contributed by atoms with E-state index in [1.54, 1.807) is 18.0 Å². The number of fused-ring (bicyclic) bond motifs is 1. The molecule has 0 atom stereocenters. The Kier molecular flexibility index (Phi) is 6.53. The Bertz CT molecular complexity index is 1300. The summed E-state index contributed by atoms with van der Waals surface area (Å²) in [6.45, 7) is 2.12. The van der Waals surface area contributed by atoms with E-state index >= 15 is 0 Å². The maximum absolute atomic E-state index is 13.2. The molecule has 0 spiro atoms. The summed E-state index contributed by atoms with van der Waals surface area (Å²) in [7, 11) is 2.04. The molecule has 1 aliphatic heterocycles. The van der Waals surface area contributed by atoms with Crippen molar-refractivity contribution in [2.75, 3.05) is 24.7 Å². The first-order valence-electron chi connectivity index (χ1n) is 11.5. The van der Waals surface area contributed by atoms with Gasteiger partial charge in [-0.25, -0.2) is 4.98 Å². The number of nitrogens with one attached hydrogen (secondary N) is 1. The van der Waals surface area contributed by atoms with Crippen LogP contribution in [-0.2, 0) is 6.54 Å². The van der Waals surface area contributed by atoms with Gasteiger partial charge in [-0.2, -0.15) is 9.61 Å². The van der Waals surface area contributed by atoms with Crippen molar-refractivity contribution >= 4 is 42.4 Å². The van der Waals surface area contributed by atoms with Crippen molar-refractivity contribution in [1.82, 2.24) is 24.5 Å². The monoisotopic (exact) mass is 470 g/mol. The predicted octanol–water partition coefficient (Wildman–Crippen LogP) is 2.74. The number of piperidine rings is 1. The van der Waals surface area contributed by atoms with Crippen LogP contribution in [0.1, 0.15) is 40.4 Å². The molecule has 4 heterocycles. The van der Waals surface area contributed by atoms with Gasteiger partial charge in [-0.3, -0.25) is 9.78 Å². The van der Waals surface area contributed by atoms with Gasteiger partial charge in [0.15, 0.2) is 5.65 Å². The summed E-state index contributed by atoms with van der Waals surface area (Å²) in [5.74, 6) is 1.35. The van der Waals surface area contributed by atoms with Gasteiger partial charge in [0.25, 0.3) is 5.91 Å². The van der Waals surface area contributed by atoms with Crippen LogP contribution in [0.3, 0.4) is 0 Å². The lowest BCUT2D eigenvalue weighted by atomic mass is 9.92. The number of anilines is 1. The molecule has 5 rings (SSSR count). The number of nitrogens with zero attached hydrogens (tertiary/aromatic N) is 5. The van der Waals surface area contributed by atoms with Crippen LogP contribution in [0.4, 0.5) is 5.82 Å². The molecule has 7 nitrogen and oxygen atoms in total. The van der Waals surface area contributed by atoms with Crippen LogP contribution in [0, 0.1) is 0 Å². The van der Waals surface area contributed by atoms with Gasteiger partial charge < -0.3 is 10.2 Å². The lowest BCUT2D eigenvalue weighted by molar-refractivity contribution is 0.0708. The standard InChI is InChI=1S/C25H27BN6OS/c1-34-22-7-3-2-6-19(22)25(33)31-11-8-18(9-12-31)21-13-23(28-15-17-5-4-10-27-14-17)32-24(30-21)20(26)16-29-32/h2-7,10,13-14,16,18,28H,8-9,11-12,15,26H2,1H3. The SMILES string of the molecule is Bc1cnn2c(NCc3cccnc3)cc(C3CCN(C(=O)c4ccccc4SC)CC3)nc12. The minimum absolute atomic E-state index is 0.122. The Morgan fingerprint density at radius 1 is 1.18 bits per heavy atom. The molecule has 1 N–H and O–H groups in total. The molecular formula is C25H27BN6OS. The molecule has 1 aromatic carbocycles. The number of carbonyl (C=O) groups is 1. The van der Waals surface area contributed by atoms with Crippen LogP contribution in [-0.4, -0.2) is 57.6 Å². The van der Waals surface area contributed by atoms with E-state index in [9.17, 15) is 4.79 Å². The molecule has 1 saturated heterocycles. The number of pyridine rings is 1. The van der Waals surface area contributed by atoms with Crippen molar-refractivity contribution in [3.63, 3.8) is 0 Å². The third kappa shape index (κ3) is 4.52. The van der Waals surface area contributed by atoms with Gasteiger partial charge in [-0.05, 0) is 48.3 Å². The Morgan fingerprint density at radius 2 is 2.00 bits per heavy atom. The Morgan fingerprint density at radius 3 is 2.76 bits per heavy atom. The van der Waals surface area contributed by atoms with E-state index in [2.05, 4.69) is 27.5 Å². The first kappa shape index (κ1) is 22.5. The summed E-state index contributed by atoms with van der Waals surface area (Å²) in [5.41, 5.74) is 4.88. The van der Waals surface area contributed by atoms with Crippen molar-refractivity contribution in [2.24, 2.45) is 0 Å². The second-order valence-electron chi connectivity index (χ2n) is 8.61. The van der Waals surface area contributed by atoms with Crippen LogP contribution < -0.4 is 10.8 Å². The van der Waals surface area contributed by atoms with E-state index in [1.807, 2.05) is 66.2 Å². The second-order valence-corrected chi connectivity index (χ2v) is 9.46. The summed E-state index contributed by atoms with van der Waals surface area (Å²) in [6.07, 6.45) is 9.30. The van der Waals surface area contributed by atoms with E-state index in [4.69, 9.17) is 4.98 Å². The summed E-state index contributed by atoms with van der Waals surface area (Å²) >= 11 is 1.62. The number of amides is 1. The number of benzene rings is 1. The number of hydrogen-bond acceptors (Lipinski definition) is 6. The molecule has 0 aliphatic carbocycles. The van der Waals surface area contributed by atoms with Gasteiger partial charge in [-0.1, -0.05) is 18.2 Å². The Balaban J connectivity index is 1.33. The zero-order chi connectivity index (χ0) is 23.5.